The molecular formula is C23H40IN5O2. The molecule has 31 heavy (non-hydrogen) atoms. The van der Waals surface area contributed by atoms with Gasteiger partial charge in [-0.25, -0.2) is 4.99 Å². The number of benzene rings is 1. The molecule has 1 aliphatic rings. The summed E-state index contributed by atoms with van der Waals surface area (Å²) in [6, 6.07) is 8.23. The van der Waals surface area contributed by atoms with Crippen LogP contribution < -0.4 is 15.4 Å². The van der Waals surface area contributed by atoms with Crippen molar-refractivity contribution >= 4 is 35.8 Å². The third kappa shape index (κ3) is 10.5. The lowest BCUT2D eigenvalue weighted by Gasteiger charge is -2.34. The predicted octanol–water partition coefficient (Wildman–Crippen LogP) is 2.95. The molecule has 1 aromatic carbocycles. The molecule has 1 fully saturated rings. The Balaban J connectivity index is 0.00000480. The molecule has 1 saturated heterocycles. The summed E-state index contributed by atoms with van der Waals surface area (Å²) in [5.74, 6) is 2.47. The van der Waals surface area contributed by atoms with Crippen LogP contribution in [0.25, 0.3) is 0 Å². The second kappa shape index (κ2) is 15.3. The van der Waals surface area contributed by atoms with Gasteiger partial charge >= 0.3 is 0 Å². The molecule has 0 aromatic heterocycles. The maximum absolute atomic E-state index is 11.6. The van der Waals surface area contributed by atoms with Crippen LogP contribution in [0.1, 0.15) is 38.2 Å². The fourth-order valence-corrected chi connectivity index (χ4v) is 3.57. The summed E-state index contributed by atoms with van der Waals surface area (Å²) in [4.78, 5) is 20.9. The minimum Gasteiger partial charge on any atom is -0.494 e. The van der Waals surface area contributed by atoms with Gasteiger partial charge in [0.1, 0.15) is 5.75 Å². The van der Waals surface area contributed by atoms with Crippen LogP contribution in [0.3, 0.4) is 0 Å². The monoisotopic (exact) mass is 545 g/mol. The van der Waals surface area contributed by atoms with E-state index in [1.54, 1.807) is 7.05 Å². The lowest BCUT2D eigenvalue weighted by Crippen LogP contribution is -2.46. The number of aliphatic imine (C=N–C) groups is 1. The van der Waals surface area contributed by atoms with Gasteiger partial charge in [0.15, 0.2) is 5.96 Å². The average molecular weight is 546 g/mol. The van der Waals surface area contributed by atoms with Crippen LogP contribution in [0, 0.1) is 5.92 Å². The summed E-state index contributed by atoms with van der Waals surface area (Å²) in [6.45, 7) is 7.22. The highest BCUT2D eigenvalue weighted by atomic mass is 127. The van der Waals surface area contributed by atoms with Crippen molar-refractivity contribution in [3.05, 3.63) is 29.8 Å². The Labute approximate surface area is 205 Å². The van der Waals surface area contributed by atoms with E-state index >= 15 is 0 Å². The van der Waals surface area contributed by atoms with Crippen molar-refractivity contribution < 1.29 is 9.53 Å². The summed E-state index contributed by atoms with van der Waals surface area (Å²) in [7, 11) is 5.85. The minimum atomic E-state index is 0. The number of nitrogens with one attached hydrogen (secondary N) is 2. The first kappa shape index (κ1) is 27.5. The maximum Gasteiger partial charge on any atom is 0.220 e. The van der Waals surface area contributed by atoms with Crippen molar-refractivity contribution in [1.82, 2.24) is 20.4 Å². The molecule has 1 amide bonds. The Morgan fingerprint density at radius 1 is 1.23 bits per heavy atom. The van der Waals surface area contributed by atoms with Crippen LogP contribution in [-0.2, 0) is 11.3 Å². The minimum absolute atomic E-state index is 0. The van der Waals surface area contributed by atoms with E-state index in [1.165, 1.54) is 5.56 Å². The maximum atomic E-state index is 11.6. The van der Waals surface area contributed by atoms with Crippen molar-refractivity contribution in [1.29, 1.82) is 0 Å². The summed E-state index contributed by atoms with van der Waals surface area (Å²) >= 11 is 0. The molecule has 0 saturated carbocycles. The van der Waals surface area contributed by atoms with Crippen molar-refractivity contribution in [2.24, 2.45) is 10.9 Å². The van der Waals surface area contributed by atoms with Crippen LogP contribution in [0.4, 0.5) is 0 Å². The molecule has 1 aromatic rings. The van der Waals surface area contributed by atoms with Crippen LogP contribution >= 0.6 is 24.0 Å². The van der Waals surface area contributed by atoms with Crippen molar-refractivity contribution in [3.63, 3.8) is 0 Å². The standard InChI is InChI=1S/C23H39N5O2.HI/c1-5-25-23(28-14-11-19(12-15-28)17-22(29)24-2)26-18-20-7-9-21(10-8-20)30-16-6-13-27(3)4;/h7-10,19H,5-6,11-18H2,1-4H3,(H,24,29)(H,25,26);1H. The molecule has 0 radical (unpaired) electrons. The molecule has 1 aliphatic heterocycles. The van der Waals surface area contributed by atoms with Gasteiger partial charge in [-0.3, -0.25) is 4.79 Å². The summed E-state index contributed by atoms with van der Waals surface area (Å²) in [6.07, 6.45) is 3.70. The smallest absolute Gasteiger partial charge is 0.220 e. The topological polar surface area (TPSA) is 69.2 Å². The van der Waals surface area contributed by atoms with E-state index < -0.39 is 0 Å². The van der Waals surface area contributed by atoms with Crippen molar-refractivity contribution in [2.75, 3.05) is 53.9 Å². The molecular weight excluding hydrogens is 505 g/mol. The molecule has 0 bridgehead atoms. The predicted molar refractivity (Wildman–Crippen MR) is 138 cm³/mol. The normalized spacial score (nSPS) is 14.9. The van der Waals surface area contributed by atoms with Gasteiger partial charge in [0.05, 0.1) is 13.2 Å². The van der Waals surface area contributed by atoms with E-state index in [9.17, 15) is 4.79 Å². The fraction of sp³-hybridized carbons (Fsp3) is 0.652. The summed E-state index contributed by atoms with van der Waals surface area (Å²) < 4.78 is 5.80. The third-order valence-electron chi connectivity index (χ3n) is 5.36. The molecule has 0 atom stereocenters. The van der Waals surface area contributed by atoms with Crippen LogP contribution in [0.2, 0.25) is 0 Å². The number of ether oxygens (including phenoxy) is 1. The largest absolute Gasteiger partial charge is 0.494 e. The zero-order valence-corrected chi connectivity index (χ0v) is 21.9. The molecule has 176 valence electrons. The number of halogens is 1. The van der Waals surface area contributed by atoms with E-state index in [2.05, 4.69) is 53.6 Å². The van der Waals surface area contributed by atoms with E-state index in [-0.39, 0.29) is 29.9 Å². The third-order valence-corrected chi connectivity index (χ3v) is 5.36. The van der Waals surface area contributed by atoms with E-state index in [0.29, 0.717) is 18.9 Å². The van der Waals surface area contributed by atoms with Gasteiger partial charge < -0.3 is 25.2 Å². The number of nitrogens with zero attached hydrogens (tertiary/aromatic N) is 3. The molecule has 1 heterocycles. The number of carbonyl (C=O) groups is 1. The average Bonchev–Trinajstić information content (AvgIpc) is 2.75. The van der Waals surface area contributed by atoms with E-state index in [1.807, 2.05) is 12.1 Å². The fourth-order valence-electron chi connectivity index (χ4n) is 3.57. The highest BCUT2D eigenvalue weighted by Gasteiger charge is 2.23. The van der Waals surface area contributed by atoms with E-state index in [4.69, 9.17) is 9.73 Å². The van der Waals surface area contributed by atoms with Gasteiger partial charge in [-0.2, -0.15) is 0 Å². The molecule has 2 N–H and O–H groups in total. The van der Waals surface area contributed by atoms with Crippen molar-refractivity contribution in [3.8, 4) is 5.75 Å². The number of guanidine groups is 1. The van der Waals surface area contributed by atoms with Crippen LogP contribution in [-0.4, -0.2) is 75.6 Å². The first-order chi connectivity index (χ1) is 14.5. The Morgan fingerprint density at radius 3 is 2.48 bits per heavy atom. The number of carbonyl (C=O) groups excluding carboxylic acids is 1. The Kier molecular flexibility index (Phi) is 13.6. The van der Waals surface area contributed by atoms with Gasteiger partial charge in [0, 0.05) is 39.6 Å². The molecule has 0 unspecified atom stereocenters. The molecule has 7 nitrogen and oxygen atoms in total. The first-order valence-corrected chi connectivity index (χ1v) is 11.1. The van der Waals surface area contributed by atoms with Gasteiger partial charge in [-0.15, -0.1) is 24.0 Å². The number of amides is 1. The number of hydrogen-bond acceptors (Lipinski definition) is 4. The number of hydrogen-bond donors (Lipinski definition) is 2. The van der Waals surface area contributed by atoms with Crippen LogP contribution in [0.5, 0.6) is 5.75 Å². The molecule has 2 rings (SSSR count). The van der Waals surface area contributed by atoms with Gasteiger partial charge in [0.25, 0.3) is 0 Å². The molecule has 8 heteroatoms. The Hall–Kier alpha value is -1.55. The first-order valence-electron chi connectivity index (χ1n) is 11.1. The lowest BCUT2D eigenvalue weighted by atomic mass is 9.93. The van der Waals surface area contributed by atoms with Crippen LogP contribution in [0.15, 0.2) is 29.3 Å². The summed E-state index contributed by atoms with van der Waals surface area (Å²) in [5.41, 5.74) is 1.17. The molecule has 0 spiro atoms. The van der Waals surface area contributed by atoms with Gasteiger partial charge in [-0.05, 0) is 63.9 Å². The number of rotatable bonds is 10. The zero-order chi connectivity index (χ0) is 21.8. The van der Waals surface area contributed by atoms with Gasteiger partial charge in [0.2, 0.25) is 5.91 Å². The summed E-state index contributed by atoms with van der Waals surface area (Å²) in [5, 5.41) is 6.14. The highest BCUT2D eigenvalue weighted by molar-refractivity contribution is 14.0. The van der Waals surface area contributed by atoms with Crippen molar-refractivity contribution in [2.45, 2.75) is 39.2 Å². The second-order valence-corrected chi connectivity index (χ2v) is 8.13. The Bertz CT molecular complexity index is 658. The second-order valence-electron chi connectivity index (χ2n) is 8.13. The lowest BCUT2D eigenvalue weighted by molar-refractivity contribution is -0.121. The Morgan fingerprint density at radius 2 is 1.90 bits per heavy atom. The molecule has 0 aliphatic carbocycles. The highest BCUT2D eigenvalue weighted by Crippen LogP contribution is 2.21. The number of piperidine rings is 1. The van der Waals surface area contributed by atoms with Gasteiger partial charge in [-0.1, -0.05) is 12.1 Å². The quantitative estimate of drug-likeness (QED) is 0.205. The SMILES string of the molecule is CCNC(=NCc1ccc(OCCCN(C)C)cc1)N1CCC(CC(=O)NC)CC1.I. The number of likely N-dealkylation sites (tertiary alicyclic amines) is 1. The van der Waals surface area contributed by atoms with E-state index in [0.717, 1.165) is 63.8 Å². The zero-order valence-electron chi connectivity index (χ0n) is 19.5.